The average Bonchev–Trinajstić information content (AvgIpc) is 3.05. The summed E-state index contributed by atoms with van der Waals surface area (Å²) < 4.78 is 13.2. The largest absolute Gasteiger partial charge is 0.387 e. The van der Waals surface area contributed by atoms with Crippen molar-refractivity contribution < 1.29 is 9.18 Å². The van der Waals surface area contributed by atoms with Crippen molar-refractivity contribution in [2.75, 3.05) is 26.7 Å². The first-order valence-corrected chi connectivity index (χ1v) is 7.64. The van der Waals surface area contributed by atoms with Gasteiger partial charge in [-0.1, -0.05) is 0 Å². The molecule has 1 unspecified atom stereocenters. The average molecular weight is 309 g/mol. The van der Waals surface area contributed by atoms with Crippen molar-refractivity contribution in [2.24, 2.45) is 4.99 Å². The van der Waals surface area contributed by atoms with E-state index in [2.05, 4.69) is 20.9 Å². The Labute approximate surface area is 130 Å². The summed E-state index contributed by atoms with van der Waals surface area (Å²) >= 11 is 0. The van der Waals surface area contributed by atoms with E-state index < -0.39 is 12.1 Å². The number of alkyl halides is 1. The normalized spacial score (nSPS) is 25.0. The van der Waals surface area contributed by atoms with Crippen LogP contribution in [-0.4, -0.2) is 56.0 Å². The first-order valence-electron chi connectivity index (χ1n) is 7.64. The molecule has 0 bridgehead atoms. The third-order valence-corrected chi connectivity index (χ3v) is 3.74. The Morgan fingerprint density at radius 1 is 1.64 bits per heavy atom. The molecule has 7 heteroatoms. The highest BCUT2D eigenvalue weighted by Gasteiger charge is 2.27. The lowest BCUT2D eigenvalue weighted by Gasteiger charge is -2.34. The standard InChI is InChI=1S/C15H24FN5O/c1-11(16)15(22)21-7-3-4-13(9-21)20-14(19-10-17-2)12-5-6-18-8-12/h5-6,10-11,13,18,20H,3-4,7-9H2,1-2H3,(H,17,19)/b14-12+/t11?,13-/m1/s1. The van der Waals surface area contributed by atoms with Crippen LogP contribution in [0.2, 0.25) is 0 Å². The van der Waals surface area contributed by atoms with Gasteiger partial charge in [-0.15, -0.1) is 0 Å². The summed E-state index contributed by atoms with van der Waals surface area (Å²) in [6.07, 6.45) is 5.84. The predicted molar refractivity (Wildman–Crippen MR) is 85.0 cm³/mol. The van der Waals surface area contributed by atoms with Gasteiger partial charge in [0.15, 0.2) is 6.17 Å². The van der Waals surface area contributed by atoms with Crippen LogP contribution in [0.25, 0.3) is 0 Å². The van der Waals surface area contributed by atoms with Crippen LogP contribution in [0.3, 0.4) is 0 Å². The zero-order valence-electron chi connectivity index (χ0n) is 13.1. The van der Waals surface area contributed by atoms with Crippen molar-refractivity contribution in [1.82, 2.24) is 20.9 Å². The monoisotopic (exact) mass is 309 g/mol. The van der Waals surface area contributed by atoms with Gasteiger partial charge in [0.25, 0.3) is 5.91 Å². The van der Waals surface area contributed by atoms with Gasteiger partial charge in [0, 0.05) is 38.3 Å². The molecule has 2 aliphatic rings. The molecular weight excluding hydrogens is 285 g/mol. The van der Waals surface area contributed by atoms with E-state index in [9.17, 15) is 9.18 Å². The fourth-order valence-corrected chi connectivity index (χ4v) is 2.63. The van der Waals surface area contributed by atoms with Crippen LogP contribution in [0.4, 0.5) is 4.39 Å². The molecule has 2 atom stereocenters. The second kappa shape index (κ2) is 7.82. The highest BCUT2D eigenvalue weighted by molar-refractivity contribution is 5.80. The molecule has 122 valence electrons. The van der Waals surface area contributed by atoms with Crippen LogP contribution in [0.15, 0.2) is 28.7 Å². The van der Waals surface area contributed by atoms with E-state index in [0.717, 1.165) is 30.8 Å². The van der Waals surface area contributed by atoms with Crippen molar-refractivity contribution in [3.05, 3.63) is 23.7 Å². The van der Waals surface area contributed by atoms with Crippen LogP contribution in [0.1, 0.15) is 19.8 Å². The number of aliphatic imine (C=N–C) groups is 1. The number of halogens is 1. The van der Waals surface area contributed by atoms with Gasteiger partial charge >= 0.3 is 0 Å². The van der Waals surface area contributed by atoms with Gasteiger partial charge in [0.05, 0.1) is 6.34 Å². The van der Waals surface area contributed by atoms with Crippen LogP contribution in [-0.2, 0) is 4.79 Å². The quantitative estimate of drug-likeness (QED) is 0.511. The SMILES string of the molecule is CN/C=N\C(N[C@@H]1CCCN(C(=O)C(C)F)C1)=C1\C=CNC1. The molecule has 0 aliphatic carbocycles. The zero-order valence-corrected chi connectivity index (χ0v) is 13.1. The molecule has 0 saturated carbocycles. The molecule has 1 saturated heterocycles. The van der Waals surface area contributed by atoms with E-state index in [0.29, 0.717) is 13.1 Å². The van der Waals surface area contributed by atoms with Crippen LogP contribution < -0.4 is 16.0 Å². The van der Waals surface area contributed by atoms with Gasteiger partial charge < -0.3 is 20.9 Å². The minimum atomic E-state index is -1.44. The van der Waals surface area contributed by atoms with Gasteiger partial charge in [-0.3, -0.25) is 4.79 Å². The van der Waals surface area contributed by atoms with E-state index >= 15 is 0 Å². The molecule has 3 N–H and O–H groups in total. The Balaban J connectivity index is 2.03. The minimum absolute atomic E-state index is 0.0851. The topological polar surface area (TPSA) is 68.8 Å². The summed E-state index contributed by atoms with van der Waals surface area (Å²) in [5.41, 5.74) is 1.06. The molecule has 0 aromatic heterocycles. The molecule has 2 aliphatic heterocycles. The number of nitrogens with one attached hydrogen (secondary N) is 3. The number of rotatable bonds is 5. The Kier molecular flexibility index (Phi) is 5.80. The maximum Gasteiger partial charge on any atom is 0.256 e. The predicted octanol–water partition coefficient (Wildman–Crippen LogP) is 0.501. The molecular formula is C15H24FN5O. The van der Waals surface area contributed by atoms with Crippen molar-refractivity contribution in [2.45, 2.75) is 32.0 Å². The second-order valence-corrected chi connectivity index (χ2v) is 5.52. The number of amides is 1. The summed E-state index contributed by atoms with van der Waals surface area (Å²) in [6, 6.07) is 0.0851. The van der Waals surface area contributed by atoms with Crippen LogP contribution in [0.5, 0.6) is 0 Å². The molecule has 0 radical (unpaired) electrons. The fraction of sp³-hybridized carbons (Fsp3) is 0.600. The number of piperidine rings is 1. The summed E-state index contributed by atoms with van der Waals surface area (Å²) in [4.78, 5) is 17.8. The molecule has 2 heterocycles. The number of nitrogens with zero attached hydrogens (tertiary/aromatic N) is 2. The Morgan fingerprint density at radius 2 is 2.45 bits per heavy atom. The molecule has 0 aromatic rings. The highest BCUT2D eigenvalue weighted by Crippen LogP contribution is 2.16. The van der Waals surface area contributed by atoms with Crippen molar-refractivity contribution in [1.29, 1.82) is 0 Å². The lowest BCUT2D eigenvalue weighted by Crippen LogP contribution is -2.49. The minimum Gasteiger partial charge on any atom is -0.387 e. The van der Waals surface area contributed by atoms with Gasteiger partial charge in [-0.25, -0.2) is 9.38 Å². The Bertz CT molecular complexity index is 486. The molecule has 1 amide bonds. The van der Waals surface area contributed by atoms with E-state index in [-0.39, 0.29) is 6.04 Å². The van der Waals surface area contributed by atoms with Crippen LogP contribution in [0, 0.1) is 0 Å². The third-order valence-electron chi connectivity index (χ3n) is 3.74. The molecule has 0 spiro atoms. The lowest BCUT2D eigenvalue weighted by atomic mass is 10.0. The zero-order chi connectivity index (χ0) is 15.9. The molecule has 2 rings (SSSR count). The van der Waals surface area contributed by atoms with Crippen molar-refractivity contribution in [3.8, 4) is 0 Å². The number of carbonyl (C=O) groups is 1. The third kappa shape index (κ3) is 4.22. The second-order valence-electron chi connectivity index (χ2n) is 5.52. The molecule has 6 nitrogen and oxygen atoms in total. The van der Waals surface area contributed by atoms with E-state index in [1.54, 1.807) is 18.3 Å². The smallest absolute Gasteiger partial charge is 0.256 e. The number of hydrogen-bond donors (Lipinski definition) is 3. The van der Waals surface area contributed by atoms with Gasteiger partial charge in [0.1, 0.15) is 5.82 Å². The molecule has 0 aromatic carbocycles. The maximum atomic E-state index is 13.2. The highest BCUT2D eigenvalue weighted by atomic mass is 19.1. The lowest BCUT2D eigenvalue weighted by molar-refractivity contribution is -0.137. The maximum absolute atomic E-state index is 13.2. The Hall–Kier alpha value is -2.05. The number of carbonyl (C=O) groups excluding carboxylic acids is 1. The summed E-state index contributed by atoms with van der Waals surface area (Å²) in [5.74, 6) is 0.352. The summed E-state index contributed by atoms with van der Waals surface area (Å²) in [6.45, 7) is 3.15. The summed E-state index contributed by atoms with van der Waals surface area (Å²) in [5, 5.41) is 9.39. The van der Waals surface area contributed by atoms with Gasteiger partial charge in [0.2, 0.25) is 0 Å². The van der Waals surface area contributed by atoms with Crippen molar-refractivity contribution >= 4 is 12.2 Å². The molecule has 1 fully saturated rings. The van der Waals surface area contributed by atoms with Gasteiger partial charge in [-0.2, -0.15) is 0 Å². The van der Waals surface area contributed by atoms with Crippen LogP contribution >= 0.6 is 0 Å². The summed E-state index contributed by atoms with van der Waals surface area (Å²) in [7, 11) is 1.79. The fourth-order valence-electron chi connectivity index (χ4n) is 2.63. The van der Waals surface area contributed by atoms with Gasteiger partial charge in [-0.05, 0) is 32.0 Å². The Morgan fingerprint density at radius 3 is 3.09 bits per heavy atom. The first-order chi connectivity index (χ1) is 10.6. The van der Waals surface area contributed by atoms with E-state index in [1.165, 1.54) is 6.92 Å². The molecule has 22 heavy (non-hydrogen) atoms. The van der Waals surface area contributed by atoms with Crippen molar-refractivity contribution in [3.63, 3.8) is 0 Å². The first kappa shape index (κ1) is 16.3. The number of hydrogen-bond acceptors (Lipinski definition) is 4. The van der Waals surface area contributed by atoms with E-state index in [4.69, 9.17) is 0 Å². The number of likely N-dealkylation sites (tertiary alicyclic amines) is 1. The van der Waals surface area contributed by atoms with E-state index in [1.807, 2.05) is 12.3 Å².